The van der Waals surface area contributed by atoms with E-state index >= 15 is 0 Å². The predicted octanol–water partition coefficient (Wildman–Crippen LogP) is 1.69. The zero-order chi connectivity index (χ0) is 13.1. The van der Waals surface area contributed by atoms with Crippen LogP contribution >= 0.6 is 11.3 Å². The Labute approximate surface area is 108 Å². The third-order valence-electron chi connectivity index (χ3n) is 2.36. The fourth-order valence-corrected chi connectivity index (χ4v) is 2.32. The van der Waals surface area contributed by atoms with E-state index in [9.17, 15) is 4.79 Å². The Morgan fingerprint density at radius 3 is 2.94 bits per heavy atom. The summed E-state index contributed by atoms with van der Waals surface area (Å²) in [6.07, 6.45) is 0.895. The van der Waals surface area contributed by atoms with E-state index < -0.39 is 0 Å². The highest BCUT2D eigenvalue weighted by molar-refractivity contribution is 7.16. The number of amides is 1. The average Bonchev–Trinajstić information content (AvgIpc) is 2.95. The number of thiophene rings is 1. The summed E-state index contributed by atoms with van der Waals surface area (Å²) in [7, 11) is 0. The molecule has 0 spiro atoms. The lowest BCUT2D eigenvalue weighted by atomic mass is 10.2. The molecule has 2 rings (SSSR count). The van der Waals surface area contributed by atoms with Crippen molar-refractivity contribution in [3.63, 3.8) is 0 Å². The number of aryl methyl sites for hydroxylation is 1. The van der Waals surface area contributed by atoms with Crippen LogP contribution in [0.5, 0.6) is 0 Å². The lowest BCUT2D eigenvalue weighted by Gasteiger charge is -1.93. The summed E-state index contributed by atoms with van der Waals surface area (Å²) in [5, 5.41) is 6.87. The molecule has 0 aliphatic rings. The second kappa shape index (κ2) is 5.18. The van der Waals surface area contributed by atoms with Gasteiger partial charge in [-0.3, -0.25) is 4.79 Å². The molecule has 2 heterocycles. The van der Waals surface area contributed by atoms with Gasteiger partial charge in [0.1, 0.15) is 0 Å². The minimum atomic E-state index is -0.350. The Kier molecular flexibility index (Phi) is 3.61. The molecule has 18 heavy (non-hydrogen) atoms. The number of hydrogen-bond donors (Lipinski definition) is 2. The highest BCUT2D eigenvalue weighted by Crippen LogP contribution is 2.33. The summed E-state index contributed by atoms with van der Waals surface area (Å²) < 4.78 is 5.06. The summed E-state index contributed by atoms with van der Waals surface area (Å²) in [5.74, 6) is -0.0442. The van der Waals surface area contributed by atoms with E-state index in [0.29, 0.717) is 17.1 Å². The number of carbonyl (C=O) groups excluding carboxylic acids is 1. The number of nitrogens with two attached hydrogens (primary N) is 1. The fraction of sp³-hybridized carbons (Fsp3) is 0.364. The highest BCUT2D eigenvalue weighted by Gasteiger charge is 2.18. The number of nitrogen functional groups attached to an aromatic ring is 1. The second-order valence-corrected chi connectivity index (χ2v) is 4.80. The molecule has 1 amide bonds. The molecule has 0 atom stereocenters. The minimum absolute atomic E-state index is 0.0236. The molecule has 0 fully saturated rings. The monoisotopic (exact) mass is 266 g/mol. The topological polar surface area (TPSA) is 94.0 Å². The molecule has 0 aliphatic carbocycles. The van der Waals surface area contributed by atoms with E-state index in [1.165, 1.54) is 11.3 Å². The number of aromatic nitrogens is 2. The molecule has 0 aliphatic heterocycles. The number of nitrogens with zero attached hydrogens (tertiary/aromatic N) is 2. The van der Waals surface area contributed by atoms with Crippen molar-refractivity contribution >= 4 is 22.2 Å². The van der Waals surface area contributed by atoms with Crippen molar-refractivity contribution in [2.24, 2.45) is 0 Å². The largest absolute Gasteiger partial charge is 0.390 e. The molecule has 0 saturated carbocycles. The van der Waals surface area contributed by atoms with Crippen molar-refractivity contribution in [3.05, 3.63) is 16.8 Å². The van der Waals surface area contributed by atoms with E-state index in [0.717, 1.165) is 11.3 Å². The molecule has 6 nitrogen and oxygen atoms in total. The highest BCUT2D eigenvalue weighted by atomic mass is 32.1. The summed E-state index contributed by atoms with van der Waals surface area (Å²) >= 11 is 1.49. The van der Waals surface area contributed by atoms with Crippen LogP contribution < -0.4 is 11.1 Å². The van der Waals surface area contributed by atoms with Crippen molar-refractivity contribution in [3.8, 4) is 11.5 Å². The number of anilines is 1. The first-order chi connectivity index (χ1) is 8.65. The van der Waals surface area contributed by atoms with Crippen molar-refractivity contribution in [2.45, 2.75) is 20.3 Å². The molecule has 0 bridgehead atoms. The number of nitrogens with one attached hydrogen (secondary N) is 1. The van der Waals surface area contributed by atoms with Gasteiger partial charge >= 0.3 is 0 Å². The lowest BCUT2D eigenvalue weighted by Crippen LogP contribution is -2.23. The van der Waals surface area contributed by atoms with Gasteiger partial charge in [-0.25, -0.2) is 0 Å². The first kappa shape index (κ1) is 12.6. The van der Waals surface area contributed by atoms with Gasteiger partial charge in [-0.1, -0.05) is 12.1 Å². The quantitative estimate of drug-likeness (QED) is 0.878. The summed E-state index contributed by atoms with van der Waals surface area (Å²) in [6.45, 7) is 4.38. The third kappa shape index (κ3) is 2.35. The number of hydrogen-bond acceptors (Lipinski definition) is 6. The summed E-state index contributed by atoms with van der Waals surface area (Å²) in [5.41, 5.74) is 6.58. The van der Waals surface area contributed by atoms with E-state index in [2.05, 4.69) is 15.5 Å². The zero-order valence-electron chi connectivity index (χ0n) is 10.2. The van der Waals surface area contributed by atoms with Crippen molar-refractivity contribution in [2.75, 3.05) is 12.3 Å². The first-order valence-electron chi connectivity index (χ1n) is 5.66. The maximum Gasteiger partial charge on any atom is 0.292 e. The Hall–Kier alpha value is -1.89. The SMILES string of the molecule is CCNC(=O)c1noc(-c2cc(CC)sc2N)n1. The van der Waals surface area contributed by atoms with E-state index in [1.54, 1.807) is 0 Å². The fourth-order valence-electron chi connectivity index (χ4n) is 1.46. The van der Waals surface area contributed by atoms with Gasteiger partial charge in [0, 0.05) is 11.4 Å². The van der Waals surface area contributed by atoms with Crippen LogP contribution in [0.3, 0.4) is 0 Å². The molecule has 2 aromatic rings. The molecule has 0 unspecified atom stereocenters. The average molecular weight is 266 g/mol. The van der Waals surface area contributed by atoms with Crippen molar-refractivity contribution in [1.29, 1.82) is 0 Å². The normalized spacial score (nSPS) is 10.6. The third-order valence-corrected chi connectivity index (χ3v) is 3.47. The van der Waals surface area contributed by atoms with Crippen LogP contribution in [0.15, 0.2) is 10.6 Å². The Morgan fingerprint density at radius 1 is 1.56 bits per heavy atom. The summed E-state index contributed by atoms with van der Waals surface area (Å²) in [6, 6.07) is 1.91. The molecule has 3 N–H and O–H groups in total. The molecule has 0 saturated heterocycles. The van der Waals surface area contributed by atoms with Gasteiger partial charge in [-0.2, -0.15) is 4.98 Å². The van der Waals surface area contributed by atoms with Crippen LogP contribution in [-0.4, -0.2) is 22.6 Å². The van der Waals surface area contributed by atoms with Crippen molar-refractivity contribution in [1.82, 2.24) is 15.5 Å². The van der Waals surface area contributed by atoms with E-state index in [-0.39, 0.29) is 17.6 Å². The van der Waals surface area contributed by atoms with Gasteiger partial charge in [-0.15, -0.1) is 11.3 Å². The maximum atomic E-state index is 11.5. The molecule has 7 heteroatoms. The Balaban J connectivity index is 2.28. The van der Waals surface area contributed by atoms with Gasteiger partial charge in [-0.05, 0) is 19.4 Å². The molecule has 2 aromatic heterocycles. The molecule has 0 aromatic carbocycles. The van der Waals surface area contributed by atoms with Crippen LogP contribution in [0.1, 0.15) is 29.3 Å². The van der Waals surface area contributed by atoms with E-state index in [4.69, 9.17) is 10.3 Å². The number of rotatable bonds is 4. The first-order valence-corrected chi connectivity index (χ1v) is 6.47. The smallest absolute Gasteiger partial charge is 0.292 e. The zero-order valence-corrected chi connectivity index (χ0v) is 11.0. The predicted molar refractivity (Wildman–Crippen MR) is 69.4 cm³/mol. The minimum Gasteiger partial charge on any atom is -0.390 e. The van der Waals surface area contributed by atoms with Crippen LogP contribution in [0.4, 0.5) is 5.00 Å². The maximum absolute atomic E-state index is 11.5. The number of carbonyl (C=O) groups is 1. The van der Waals surface area contributed by atoms with E-state index in [1.807, 2.05) is 19.9 Å². The van der Waals surface area contributed by atoms with Gasteiger partial charge in [0.2, 0.25) is 0 Å². The van der Waals surface area contributed by atoms with Gasteiger partial charge in [0.05, 0.1) is 10.6 Å². The van der Waals surface area contributed by atoms with Crippen LogP contribution in [0, 0.1) is 0 Å². The van der Waals surface area contributed by atoms with Crippen LogP contribution in [-0.2, 0) is 6.42 Å². The summed E-state index contributed by atoms with van der Waals surface area (Å²) in [4.78, 5) is 16.7. The van der Waals surface area contributed by atoms with Crippen molar-refractivity contribution < 1.29 is 9.32 Å². The Bertz CT molecular complexity index is 561. The molecular formula is C11H14N4O2S. The molecular weight excluding hydrogens is 252 g/mol. The Morgan fingerprint density at radius 2 is 2.33 bits per heavy atom. The van der Waals surface area contributed by atoms with Gasteiger partial charge in [0.15, 0.2) is 0 Å². The van der Waals surface area contributed by atoms with Crippen LogP contribution in [0.25, 0.3) is 11.5 Å². The van der Waals surface area contributed by atoms with Gasteiger partial charge in [0.25, 0.3) is 17.6 Å². The van der Waals surface area contributed by atoms with Gasteiger partial charge < -0.3 is 15.6 Å². The molecule has 96 valence electrons. The van der Waals surface area contributed by atoms with Crippen LogP contribution in [0.2, 0.25) is 0 Å². The second-order valence-electron chi connectivity index (χ2n) is 3.63. The lowest BCUT2D eigenvalue weighted by molar-refractivity contribution is 0.0942. The molecule has 0 radical (unpaired) electrons. The standard InChI is InChI=1S/C11H14N4O2S/c1-3-6-5-7(8(12)18-6)11-14-9(15-17-11)10(16)13-4-2/h5H,3-4,12H2,1-2H3,(H,13,16).